The minimum Gasteiger partial charge on any atom is -0.307 e. The first-order chi connectivity index (χ1) is 9.74. The summed E-state index contributed by atoms with van der Waals surface area (Å²) in [4.78, 5) is 7.19. The van der Waals surface area contributed by atoms with Crippen LogP contribution in [0, 0.1) is 0 Å². The average Bonchev–Trinajstić information content (AvgIpc) is 2.90. The molecule has 0 spiro atoms. The highest BCUT2D eigenvalue weighted by atomic mass is 32.1. The van der Waals surface area contributed by atoms with E-state index in [0.29, 0.717) is 6.04 Å². The Bertz CT molecular complexity index is 490. The van der Waals surface area contributed by atoms with Gasteiger partial charge in [0, 0.05) is 13.1 Å². The second-order valence-corrected chi connectivity index (χ2v) is 6.19. The molecule has 2 rings (SSSR count). The third-order valence-corrected chi connectivity index (χ3v) is 4.77. The Kier molecular flexibility index (Phi) is 5.95. The summed E-state index contributed by atoms with van der Waals surface area (Å²) in [5, 5.41) is 4.77. The average molecular weight is 291 g/mol. The van der Waals surface area contributed by atoms with Crippen LogP contribution in [-0.2, 0) is 0 Å². The van der Waals surface area contributed by atoms with Gasteiger partial charge in [-0.05, 0) is 38.6 Å². The van der Waals surface area contributed by atoms with Crippen LogP contribution in [0.25, 0.3) is 10.2 Å². The van der Waals surface area contributed by atoms with Gasteiger partial charge in [-0.2, -0.15) is 0 Å². The topological polar surface area (TPSA) is 28.2 Å². The number of aromatic nitrogens is 1. The zero-order chi connectivity index (χ0) is 14.4. The summed E-state index contributed by atoms with van der Waals surface area (Å²) in [6.45, 7) is 11.1. The van der Waals surface area contributed by atoms with E-state index in [1.54, 1.807) is 11.3 Å². The first-order valence-corrected chi connectivity index (χ1v) is 8.37. The molecule has 1 unspecified atom stereocenters. The fourth-order valence-electron chi connectivity index (χ4n) is 2.35. The number of para-hydroxylation sites is 1. The first kappa shape index (κ1) is 15.4. The molecule has 0 bridgehead atoms. The smallest absolute Gasteiger partial charge is 0.111 e. The van der Waals surface area contributed by atoms with Crippen molar-refractivity contribution in [1.82, 2.24) is 15.2 Å². The van der Waals surface area contributed by atoms with Crippen LogP contribution in [0.1, 0.15) is 38.2 Å². The van der Waals surface area contributed by atoms with Crippen LogP contribution in [0.2, 0.25) is 0 Å². The van der Waals surface area contributed by atoms with Gasteiger partial charge in [-0.1, -0.05) is 26.0 Å². The Balaban J connectivity index is 1.86. The van der Waals surface area contributed by atoms with E-state index in [-0.39, 0.29) is 0 Å². The summed E-state index contributed by atoms with van der Waals surface area (Å²) in [7, 11) is 0. The summed E-state index contributed by atoms with van der Waals surface area (Å²) in [5.74, 6) is 0. The number of thiazole rings is 1. The zero-order valence-corrected chi connectivity index (χ0v) is 13.5. The molecule has 3 nitrogen and oxygen atoms in total. The molecule has 2 aromatic rings. The third-order valence-electron chi connectivity index (χ3n) is 3.55. The van der Waals surface area contributed by atoms with E-state index in [1.165, 1.54) is 22.7 Å². The van der Waals surface area contributed by atoms with Crippen molar-refractivity contribution in [3.8, 4) is 0 Å². The largest absolute Gasteiger partial charge is 0.307 e. The molecule has 1 aromatic heterocycles. The van der Waals surface area contributed by atoms with Crippen molar-refractivity contribution in [3.05, 3.63) is 29.3 Å². The molecule has 110 valence electrons. The van der Waals surface area contributed by atoms with E-state index in [2.05, 4.69) is 49.2 Å². The molecule has 1 heterocycles. The molecule has 4 heteroatoms. The predicted octanol–water partition coefficient (Wildman–Crippen LogP) is 3.68. The van der Waals surface area contributed by atoms with Crippen molar-refractivity contribution in [3.63, 3.8) is 0 Å². The molecule has 0 saturated carbocycles. The molecule has 0 saturated heterocycles. The quantitative estimate of drug-likeness (QED) is 0.804. The molecular formula is C16H25N3S. The molecule has 0 aliphatic rings. The van der Waals surface area contributed by atoms with E-state index in [0.717, 1.165) is 25.2 Å². The molecule has 0 radical (unpaired) electrons. The molecule has 0 aliphatic carbocycles. The van der Waals surface area contributed by atoms with E-state index < -0.39 is 0 Å². The Hall–Kier alpha value is -0.970. The molecule has 20 heavy (non-hydrogen) atoms. The molecule has 1 aromatic carbocycles. The van der Waals surface area contributed by atoms with Gasteiger partial charge in [-0.15, -0.1) is 11.3 Å². The van der Waals surface area contributed by atoms with Crippen molar-refractivity contribution in [2.24, 2.45) is 0 Å². The predicted molar refractivity (Wildman–Crippen MR) is 88.4 cm³/mol. The van der Waals surface area contributed by atoms with Crippen LogP contribution in [0.15, 0.2) is 24.3 Å². The highest BCUT2D eigenvalue weighted by molar-refractivity contribution is 7.18. The molecule has 1 N–H and O–H groups in total. The van der Waals surface area contributed by atoms with Gasteiger partial charge in [0.1, 0.15) is 5.01 Å². The number of fused-ring (bicyclic) bond motifs is 1. The number of nitrogens with zero attached hydrogens (tertiary/aromatic N) is 2. The van der Waals surface area contributed by atoms with Gasteiger partial charge in [-0.3, -0.25) is 0 Å². The maximum absolute atomic E-state index is 4.71. The van der Waals surface area contributed by atoms with Gasteiger partial charge < -0.3 is 10.2 Å². The van der Waals surface area contributed by atoms with Gasteiger partial charge in [0.05, 0.1) is 16.3 Å². The highest BCUT2D eigenvalue weighted by Crippen LogP contribution is 2.25. The lowest BCUT2D eigenvalue weighted by Crippen LogP contribution is -2.33. The van der Waals surface area contributed by atoms with Gasteiger partial charge in [0.15, 0.2) is 0 Å². The first-order valence-electron chi connectivity index (χ1n) is 7.55. The monoisotopic (exact) mass is 291 g/mol. The lowest BCUT2D eigenvalue weighted by Gasteiger charge is -2.20. The molecule has 0 amide bonds. The maximum atomic E-state index is 4.71. The van der Waals surface area contributed by atoms with E-state index in [9.17, 15) is 0 Å². The Morgan fingerprint density at radius 3 is 2.75 bits per heavy atom. The third kappa shape index (κ3) is 4.01. The number of rotatable bonds is 8. The second-order valence-electron chi connectivity index (χ2n) is 5.13. The lowest BCUT2D eigenvalue weighted by molar-refractivity contribution is 0.284. The van der Waals surface area contributed by atoms with Crippen molar-refractivity contribution < 1.29 is 0 Å². The maximum Gasteiger partial charge on any atom is 0.111 e. The summed E-state index contributed by atoms with van der Waals surface area (Å²) in [6, 6.07) is 8.68. The Labute approximate surface area is 126 Å². The minimum atomic E-state index is 0.327. The van der Waals surface area contributed by atoms with Crippen molar-refractivity contribution in [2.45, 2.75) is 33.2 Å². The molecular weight excluding hydrogens is 266 g/mol. The SMILES string of the molecule is CCCN(CC)CCNC(C)c1nc2ccccc2s1. The lowest BCUT2D eigenvalue weighted by atomic mass is 10.3. The Morgan fingerprint density at radius 1 is 1.25 bits per heavy atom. The van der Waals surface area contributed by atoms with Crippen molar-refractivity contribution in [2.75, 3.05) is 26.2 Å². The molecule has 0 fully saturated rings. The summed E-state index contributed by atoms with van der Waals surface area (Å²) >= 11 is 1.79. The second kappa shape index (κ2) is 7.72. The summed E-state index contributed by atoms with van der Waals surface area (Å²) in [5.41, 5.74) is 1.11. The minimum absolute atomic E-state index is 0.327. The van der Waals surface area contributed by atoms with E-state index >= 15 is 0 Å². The van der Waals surface area contributed by atoms with Gasteiger partial charge in [0.25, 0.3) is 0 Å². The standard InChI is InChI=1S/C16H25N3S/c1-4-11-19(5-2)12-10-17-13(3)16-18-14-8-6-7-9-15(14)20-16/h6-9,13,17H,4-5,10-12H2,1-3H3. The summed E-state index contributed by atoms with van der Waals surface area (Å²) in [6.07, 6.45) is 1.22. The van der Waals surface area contributed by atoms with Gasteiger partial charge in [0.2, 0.25) is 0 Å². The van der Waals surface area contributed by atoms with Gasteiger partial charge in [-0.25, -0.2) is 4.98 Å². The van der Waals surface area contributed by atoms with E-state index in [1.807, 2.05) is 6.07 Å². The molecule has 1 atom stereocenters. The van der Waals surface area contributed by atoms with Crippen LogP contribution < -0.4 is 5.32 Å². The number of hydrogen-bond donors (Lipinski definition) is 1. The fourth-order valence-corrected chi connectivity index (χ4v) is 3.34. The van der Waals surface area contributed by atoms with Gasteiger partial charge >= 0.3 is 0 Å². The van der Waals surface area contributed by atoms with Crippen LogP contribution >= 0.6 is 11.3 Å². The van der Waals surface area contributed by atoms with Crippen LogP contribution in [-0.4, -0.2) is 36.1 Å². The molecule has 0 aliphatic heterocycles. The van der Waals surface area contributed by atoms with E-state index in [4.69, 9.17) is 4.98 Å². The normalized spacial score (nSPS) is 13.2. The number of likely N-dealkylation sites (N-methyl/N-ethyl adjacent to an activating group) is 1. The van der Waals surface area contributed by atoms with Crippen LogP contribution in [0.4, 0.5) is 0 Å². The van der Waals surface area contributed by atoms with Crippen molar-refractivity contribution in [1.29, 1.82) is 0 Å². The van der Waals surface area contributed by atoms with Crippen LogP contribution in [0.3, 0.4) is 0 Å². The van der Waals surface area contributed by atoms with Crippen molar-refractivity contribution >= 4 is 21.6 Å². The Morgan fingerprint density at radius 2 is 2.05 bits per heavy atom. The summed E-state index contributed by atoms with van der Waals surface area (Å²) < 4.78 is 1.28. The fraction of sp³-hybridized carbons (Fsp3) is 0.562. The van der Waals surface area contributed by atoms with Crippen LogP contribution in [0.5, 0.6) is 0 Å². The number of hydrogen-bond acceptors (Lipinski definition) is 4. The zero-order valence-electron chi connectivity index (χ0n) is 12.7. The number of benzene rings is 1. The number of nitrogens with one attached hydrogen (secondary N) is 1. The highest BCUT2D eigenvalue weighted by Gasteiger charge is 2.11.